The SMILES string of the molecule is CN=C(NCCc1c(C)[nH]c2ccccc12)NCCN(C)CCCOC. The lowest BCUT2D eigenvalue weighted by Gasteiger charge is -2.18. The van der Waals surface area contributed by atoms with Crippen LogP contribution in [0.3, 0.4) is 0 Å². The first-order valence-electron chi connectivity index (χ1n) is 9.34. The van der Waals surface area contributed by atoms with E-state index in [1.54, 1.807) is 7.11 Å². The van der Waals surface area contributed by atoms with Gasteiger partial charge in [-0.3, -0.25) is 4.99 Å². The van der Waals surface area contributed by atoms with Gasteiger partial charge >= 0.3 is 0 Å². The van der Waals surface area contributed by atoms with Crippen LogP contribution in [0, 0.1) is 6.92 Å². The van der Waals surface area contributed by atoms with Gasteiger partial charge < -0.3 is 25.3 Å². The number of aryl methyl sites for hydroxylation is 1. The first-order valence-corrected chi connectivity index (χ1v) is 9.34. The van der Waals surface area contributed by atoms with E-state index in [9.17, 15) is 0 Å². The third kappa shape index (κ3) is 6.04. The Morgan fingerprint density at radius 2 is 1.96 bits per heavy atom. The lowest BCUT2D eigenvalue weighted by molar-refractivity contribution is 0.180. The van der Waals surface area contributed by atoms with Gasteiger partial charge in [-0.05, 0) is 38.4 Å². The number of benzene rings is 1. The molecule has 1 aromatic heterocycles. The molecule has 26 heavy (non-hydrogen) atoms. The number of ether oxygens (including phenoxy) is 1. The Labute approximate surface area is 157 Å². The fraction of sp³-hybridized carbons (Fsp3) is 0.550. The minimum absolute atomic E-state index is 0.814. The highest BCUT2D eigenvalue weighted by atomic mass is 16.5. The number of rotatable bonds is 10. The number of hydrogen-bond donors (Lipinski definition) is 3. The van der Waals surface area contributed by atoms with Crippen molar-refractivity contribution < 1.29 is 4.74 Å². The van der Waals surface area contributed by atoms with E-state index in [4.69, 9.17) is 4.74 Å². The van der Waals surface area contributed by atoms with Gasteiger partial charge in [0.15, 0.2) is 5.96 Å². The number of H-pyrrole nitrogens is 1. The summed E-state index contributed by atoms with van der Waals surface area (Å²) >= 11 is 0. The average molecular weight is 360 g/mol. The zero-order valence-electron chi connectivity index (χ0n) is 16.6. The first kappa shape index (κ1) is 20.3. The molecule has 0 aliphatic rings. The maximum atomic E-state index is 5.09. The average Bonchev–Trinajstić information content (AvgIpc) is 2.96. The van der Waals surface area contributed by atoms with Gasteiger partial charge in [-0.15, -0.1) is 0 Å². The molecule has 0 amide bonds. The molecule has 0 radical (unpaired) electrons. The number of methoxy groups -OCH3 is 1. The normalized spacial score (nSPS) is 12.1. The zero-order chi connectivity index (χ0) is 18.8. The van der Waals surface area contributed by atoms with E-state index < -0.39 is 0 Å². The van der Waals surface area contributed by atoms with Crippen LogP contribution >= 0.6 is 0 Å². The second-order valence-corrected chi connectivity index (χ2v) is 6.60. The lowest BCUT2D eigenvalue weighted by atomic mass is 10.1. The standard InChI is InChI=1S/C20H33N5O/c1-16-17(18-8-5-6-9-19(18)24-16)10-11-22-20(21-2)23-12-14-25(3)13-7-15-26-4/h5-6,8-9,24H,7,10-15H2,1-4H3,(H2,21,22,23). The molecule has 0 bridgehead atoms. The molecule has 0 fully saturated rings. The summed E-state index contributed by atoms with van der Waals surface area (Å²) in [6.07, 6.45) is 2.03. The molecular weight excluding hydrogens is 326 g/mol. The molecule has 6 heteroatoms. The van der Waals surface area contributed by atoms with E-state index in [0.29, 0.717) is 0 Å². The highest BCUT2D eigenvalue weighted by Gasteiger charge is 2.08. The summed E-state index contributed by atoms with van der Waals surface area (Å²) < 4.78 is 5.09. The van der Waals surface area contributed by atoms with Gasteiger partial charge in [-0.1, -0.05) is 18.2 Å². The van der Waals surface area contributed by atoms with E-state index in [-0.39, 0.29) is 0 Å². The molecule has 6 nitrogen and oxygen atoms in total. The van der Waals surface area contributed by atoms with Crippen molar-refractivity contribution in [3.05, 3.63) is 35.5 Å². The van der Waals surface area contributed by atoms with E-state index in [1.165, 1.54) is 22.2 Å². The van der Waals surface area contributed by atoms with Crippen LogP contribution in [-0.4, -0.2) is 69.8 Å². The predicted octanol–water partition coefficient (Wildman–Crippen LogP) is 2.15. The van der Waals surface area contributed by atoms with Crippen LogP contribution < -0.4 is 10.6 Å². The Morgan fingerprint density at radius 1 is 1.19 bits per heavy atom. The van der Waals surface area contributed by atoms with E-state index in [2.05, 4.69) is 63.7 Å². The van der Waals surface area contributed by atoms with E-state index >= 15 is 0 Å². The zero-order valence-corrected chi connectivity index (χ0v) is 16.6. The number of aliphatic imine (C=N–C) groups is 1. The van der Waals surface area contributed by atoms with Gasteiger partial charge in [-0.2, -0.15) is 0 Å². The smallest absolute Gasteiger partial charge is 0.191 e. The topological polar surface area (TPSA) is 64.7 Å². The molecule has 0 saturated carbocycles. The molecule has 2 rings (SSSR count). The van der Waals surface area contributed by atoms with Gasteiger partial charge in [-0.25, -0.2) is 0 Å². The van der Waals surface area contributed by atoms with Crippen LogP contribution in [0.15, 0.2) is 29.3 Å². The molecule has 0 atom stereocenters. The van der Waals surface area contributed by atoms with Crippen LogP contribution in [-0.2, 0) is 11.2 Å². The third-order valence-corrected chi connectivity index (χ3v) is 4.59. The highest BCUT2D eigenvalue weighted by molar-refractivity contribution is 5.84. The molecule has 0 spiro atoms. The number of nitrogens with one attached hydrogen (secondary N) is 3. The summed E-state index contributed by atoms with van der Waals surface area (Å²) in [5.41, 5.74) is 3.83. The Bertz CT molecular complexity index is 695. The third-order valence-electron chi connectivity index (χ3n) is 4.59. The molecule has 3 N–H and O–H groups in total. The molecule has 2 aromatic rings. The maximum Gasteiger partial charge on any atom is 0.191 e. The number of hydrogen-bond acceptors (Lipinski definition) is 3. The van der Waals surface area contributed by atoms with Crippen LogP contribution in [0.25, 0.3) is 10.9 Å². The largest absolute Gasteiger partial charge is 0.385 e. The molecule has 1 aromatic carbocycles. The summed E-state index contributed by atoms with van der Waals surface area (Å²) in [4.78, 5) is 10.1. The highest BCUT2D eigenvalue weighted by Crippen LogP contribution is 2.21. The monoisotopic (exact) mass is 359 g/mol. The van der Waals surface area contributed by atoms with Crippen LogP contribution in [0.5, 0.6) is 0 Å². The number of likely N-dealkylation sites (N-methyl/N-ethyl adjacent to an activating group) is 1. The number of aromatic nitrogens is 1. The maximum absolute atomic E-state index is 5.09. The Hall–Kier alpha value is -2.05. The van der Waals surface area contributed by atoms with Crippen molar-refractivity contribution in [2.45, 2.75) is 19.8 Å². The van der Waals surface area contributed by atoms with Crippen molar-refractivity contribution >= 4 is 16.9 Å². The quantitative estimate of drug-likeness (QED) is 0.346. The Morgan fingerprint density at radius 3 is 2.73 bits per heavy atom. The molecular formula is C20H33N5O. The summed E-state index contributed by atoms with van der Waals surface area (Å²) in [6.45, 7) is 6.70. The Kier molecular flexibility index (Phi) is 8.44. The van der Waals surface area contributed by atoms with Gasteiger partial charge in [0, 0.05) is 63.5 Å². The predicted molar refractivity (Wildman–Crippen MR) is 110 cm³/mol. The summed E-state index contributed by atoms with van der Waals surface area (Å²) in [6, 6.07) is 8.47. The van der Waals surface area contributed by atoms with Crippen molar-refractivity contribution in [3.8, 4) is 0 Å². The minimum Gasteiger partial charge on any atom is -0.385 e. The van der Waals surface area contributed by atoms with Crippen LogP contribution in [0.1, 0.15) is 17.7 Å². The molecule has 144 valence electrons. The molecule has 1 heterocycles. The van der Waals surface area contributed by atoms with Crippen molar-refractivity contribution in [2.24, 2.45) is 4.99 Å². The fourth-order valence-electron chi connectivity index (χ4n) is 3.14. The van der Waals surface area contributed by atoms with Crippen molar-refractivity contribution in [1.82, 2.24) is 20.5 Å². The van der Waals surface area contributed by atoms with Crippen molar-refractivity contribution in [1.29, 1.82) is 0 Å². The molecule has 0 unspecified atom stereocenters. The fourth-order valence-corrected chi connectivity index (χ4v) is 3.14. The number of nitrogens with zero attached hydrogens (tertiary/aromatic N) is 2. The van der Waals surface area contributed by atoms with Gasteiger partial charge in [0.25, 0.3) is 0 Å². The van der Waals surface area contributed by atoms with Gasteiger partial charge in [0.2, 0.25) is 0 Å². The second-order valence-electron chi connectivity index (χ2n) is 6.60. The van der Waals surface area contributed by atoms with Gasteiger partial charge in [0.1, 0.15) is 0 Å². The first-order chi connectivity index (χ1) is 12.7. The molecule has 0 aliphatic carbocycles. The lowest BCUT2D eigenvalue weighted by Crippen LogP contribution is -2.41. The summed E-state index contributed by atoms with van der Waals surface area (Å²) in [5.74, 6) is 0.854. The van der Waals surface area contributed by atoms with E-state index in [0.717, 1.165) is 51.6 Å². The van der Waals surface area contributed by atoms with Crippen molar-refractivity contribution in [2.75, 3.05) is 54.0 Å². The van der Waals surface area contributed by atoms with Crippen LogP contribution in [0.4, 0.5) is 0 Å². The van der Waals surface area contributed by atoms with Crippen LogP contribution in [0.2, 0.25) is 0 Å². The summed E-state index contributed by atoms with van der Waals surface area (Å²) in [7, 11) is 5.69. The van der Waals surface area contributed by atoms with Gasteiger partial charge in [0.05, 0.1) is 0 Å². The Balaban J connectivity index is 1.72. The number of fused-ring (bicyclic) bond motifs is 1. The summed E-state index contributed by atoms with van der Waals surface area (Å²) in [5, 5.41) is 8.11. The molecule has 0 aliphatic heterocycles. The van der Waals surface area contributed by atoms with E-state index in [1.807, 2.05) is 7.05 Å². The second kappa shape index (κ2) is 10.8. The molecule has 0 saturated heterocycles. The number of para-hydroxylation sites is 1. The minimum atomic E-state index is 0.814. The van der Waals surface area contributed by atoms with Crippen molar-refractivity contribution in [3.63, 3.8) is 0 Å². The number of guanidine groups is 1. The number of aromatic amines is 1.